The summed E-state index contributed by atoms with van der Waals surface area (Å²) in [5, 5.41) is 0. The van der Waals surface area contributed by atoms with Gasteiger partial charge in [0.1, 0.15) is 5.75 Å². The molecule has 1 saturated carbocycles. The molecule has 1 aliphatic carbocycles. The fourth-order valence-corrected chi connectivity index (χ4v) is 4.81. The van der Waals surface area contributed by atoms with Gasteiger partial charge >= 0.3 is 5.97 Å². The summed E-state index contributed by atoms with van der Waals surface area (Å²) in [7, 11) is 0. The molecule has 0 bridgehead atoms. The summed E-state index contributed by atoms with van der Waals surface area (Å²) in [5.74, 6) is 1.95. The summed E-state index contributed by atoms with van der Waals surface area (Å²) in [5.41, 5.74) is 3.30. The lowest BCUT2D eigenvalue weighted by Crippen LogP contribution is -2.13. The summed E-state index contributed by atoms with van der Waals surface area (Å²) in [6.45, 7) is 4.51. The second-order valence-corrected chi connectivity index (χ2v) is 9.33. The first-order valence-electron chi connectivity index (χ1n) is 12.6. The lowest BCUT2D eigenvalue weighted by Gasteiger charge is -2.28. The van der Waals surface area contributed by atoms with E-state index in [-0.39, 0.29) is 5.97 Å². The average Bonchev–Trinajstić information content (AvgIpc) is 2.82. The number of hydrogen-bond acceptors (Lipinski definition) is 2. The molecule has 0 unspecified atom stereocenters. The minimum atomic E-state index is -0.276. The van der Waals surface area contributed by atoms with Crippen molar-refractivity contribution >= 4 is 5.97 Å². The molecule has 0 heterocycles. The van der Waals surface area contributed by atoms with Crippen LogP contribution >= 0.6 is 0 Å². The van der Waals surface area contributed by atoms with Gasteiger partial charge in [0.15, 0.2) is 0 Å². The van der Waals surface area contributed by atoms with Gasteiger partial charge in [-0.05, 0) is 85.8 Å². The third-order valence-corrected chi connectivity index (χ3v) is 6.88. The lowest BCUT2D eigenvalue weighted by molar-refractivity contribution is 0.0734. The van der Waals surface area contributed by atoms with Crippen LogP contribution in [0.4, 0.5) is 0 Å². The fourth-order valence-electron chi connectivity index (χ4n) is 4.81. The minimum Gasteiger partial charge on any atom is -0.423 e. The highest BCUT2D eigenvalue weighted by Crippen LogP contribution is 2.38. The number of ether oxygens (including phenoxy) is 1. The van der Waals surface area contributed by atoms with Crippen molar-refractivity contribution in [3.05, 3.63) is 65.2 Å². The summed E-state index contributed by atoms with van der Waals surface area (Å²) in [6.07, 6.45) is 15.5. The Kier molecular flexibility index (Phi) is 9.65. The Morgan fingerprint density at radius 2 is 1.48 bits per heavy atom. The van der Waals surface area contributed by atoms with Crippen LogP contribution in [0.25, 0.3) is 0 Å². The van der Waals surface area contributed by atoms with Crippen LogP contribution in [0, 0.1) is 5.92 Å². The normalized spacial score (nSPS) is 18.6. The molecule has 1 aliphatic rings. The second kappa shape index (κ2) is 12.7. The number of aryl methyl sites for hydroxylation is 1. The topological polar surface area (TPSA) is 26.3 Å². The number of rotatable bonds is 11. The molecule has 0 spiro atoms. The first-order chi connectivity index (χ1) is 15.2. The van der Waals surface area contributed by atoms with E-state index < -0.39 is 0 Å². The summed E-state index contributed by atoms with van der Waals surface area (Å²) < 4.78 is 5.62. The largest absolute Gasteiger partial charge is 0.423 e. The molecule has 0 aliphatic heterocycles. The standard InChI is InChI=1S/C29H40O2/c1-3-5-7-8-10-24-13-17-27(18-14-24)29(30)31-28-21-19-26(20-22-28)25-15-11-23(12-16-25)9-6-4-2/h13-14,17-23,25H,3-12,15-16H2,1-2H3. The monoisotopic (exact) mass is 420 g/mol. The third kappa shape index (κ3) is 7.52. The van der Waals surface area contributed by atoms with E-state index in [2.05, 4.69) is 38.1 Å². The van der Waals surface area contributed by atoms with Gasteiger partial charge in [-0.25, -0.2) is 4.79 Å². The van der Waals surface area contributed by atoms with Crippen molar-refractivity contribution in [1.82, 2.24) is 0 Å². The molecule has 0 N–H and O–H groups in total. The van der Waals surface area contributed by atoms with Crippen molar-refractivity contribution in [1.29, 1.82) is 0 Å². The second-order valence-electron chi connectivity index (χ2n) is 9.33. The maximum Gasteiger partial charge on any atom is 0.343 e. The zero-order valence-corrected chi connectivity index (χ0v) is 19.6. The molecule has 0 radical (unpaired) electrons. The third-order valence-electron chi connectivity index (χ3n) is 6.88. The highest BCUT2D eigenvalue weighted by atomic mass is 16.5. The van der Waals surface area contributed by atoms with Gasteiger partial charge in [0.2, 0.25) is 0 Å². The van der Waals surface area contributed by atoms with Crippen molar-refractivity contribution in [2.24, 2.45) is 5.92 Å². The molecule has 1 fully saturated rings. The Hall–Kier alpha value is -2.09. The Bertz CT molecular complexity index is 767. The minimum absolute atomic E-state index is 0.276. The number of carbonyl (C=O) groups is 1. The summed E-state index contributed by atoms with van der Waals surface area (Å²) in [4.78, 5) is 12.5. The molecule has 0 saturated heterocycles. The molecule has 2 nitrogen and oxygen atoms in total. The van der Waals surface area contributed by atoms with Gasteiger partial charge in [0.25, 0.3) is 0 Å². The van der Waals surface area contributed by atoms with E-state index in [4.69, 9.17) is 4.74 Å². The van der Waals surface area contributed by atoms with Gasteiger partial charge in [-0.1, -0.05) is 76.6 Å². The summed E-state index contributed by atoms with van der Waals surface area (Å²) >= 11 is 0. The average molecular weight is 421 g/mol. The lowest BCUT2D eigenvalue weighted by atomic mass is 9.77. The molecular formula is C29H40O2. The van der Waals surface area contributed by atoms with Gasteiger partial charge in [0, 0.05) is 0 Å². The zero-order chi connectivity index (χ0) is 21.9. The van der Waals surface area contributed by atoms with Crippen LogP contribution in [0.15, 0.2) is 48.5 Å². The van der Waals surface area contributed by atoms with Gasteiger partial charge in [-0.2, -0.15) is 0 Å². The van der Waals surface area contributed by atoms with Crippen molar-refractivity contribution < 1.29 is 9.53 Å². The fraction of sp³-hybridized carbons (Fsp3) is 0.552. The highest BCUT2D eigenvalue weighted by Gasteiger charge is 2.22. The van der Waals surface area contributed by atoms with E-state index in [1.807, 2.05) is 24.3 Å². The Morgan fingerprint density at radius 1 is 0.806 bits per heavy atom. The van der Waals surface area contributed by atoms with Gasteiger partial charge in [-0.15, -0.1) is 0 Å². The van der Waals surface area contributed by atoms with Gasteiger partial charge in [-0.3, -0.25) is 0 Å². The van der Waals surface area contributed by atoms with E-state index >= 15 is 0 Å². The van der Waals surface area contributed by atoms with Gasteiger partial charge < -0.3 is 4.74 Å². The molecule has 31 heavy (non-hydrogen) atoms. The Morgan fingerprint density at radius 3 is 2.13 bits per heavy atom. The summed E-state index contributed by atoms with van der Waals surface area (Å²) in [6, 6.07) is 16.1. The molecule has 0 aromatic heterocycles. The first-order valence-corrected chi connectivity index (χ1v) is 12.6. The van der Waals surface area contributed by atoms with E-state index in [0.717, 1.165) is 12.3 Å². The van der Waals surface area contributed by atoms with Crippen molar-refractivity contribution in [3.63, 3.8) is 0 Å². The van der Waals surface area contributed by atoms with Crippen LogP contribution in [0.1, 0.15) is 112 Å². The Labute approximate surface area is 189 Å². The molecular weight excluding hydrogens is 380 g/mol. The predicted molar refractivity (Wildman–Crippen MR) is 130 cm³/mol. The van der Waals surface area contributed by atoms with Crippen LogP contribution in [-0.2, 0) is 6.42 Å². The molecule has 0 amide bonds. The number of carbonyl (C=O) groups excluding carboxylic acids is 1. The van der Waals surface area contributed by atoms with Crippen LogP contribution in [0.5, 0.6) is 5.75 Å². The first kappa shape index (κ1) is 23.6. The highest BCUT2D eigenvalue weighted by molar-refractivity contribution is 5.91. The van der Waals surface area contributed by atoms with Crippen molar-refractivity contribution in [2.75, 3.05) is 0 Å². The number of unbranched alkanes of at least 4 members (excludes halogenated alkanes) is 4. The Balaban J connectivity index is 1.46. The van der Waals surface area contributed by atoms with E-state index in [0.29, 0.717) is 17.2 Å². The maximum absolute atomic E-state index is 12.5. The molecule has 0 atom stereocenters. The quantitative estimate of drug-likeness (QED) is 0.207. The molecule has 2 heteroatoms. The number of esters is 1. The van der Waals surface area contributed by atoms with E-state index in [1.165, 1.54) is 81.8 Å². The van der Waals surface area contributed by atoms with Crippen LogP contribution in [0.2, 0.25) is 0 Å². The maximum atomic E-state index is 12.5. The SMILES string of the molecule is CCCCCCc1ccc(C(=O)Oc2ccc(C3CCC(CCCC)CC3)cc2)cc1. The van der Waals surface area contributed by atoms with Gasteiger partial charge in [0.05, 0.1) is 5.56 Å². The van der Waals surface area contributed by atoms with Crippen molar-refractivity contribution in [3.8, 4) is 5.75 Å². The smallest absolute Gasteiger partial charge is 0.343 e. The molecule has 3 rings (SSSR count). The van der Waals surface area contributed by atoms with E-state index in [9.17, 15) is 4.79 Å². The van der Waals surface area contributed by atoms with Crippen LogP contribution in [-0.4, -0.2) is 5.97 Å². The van der Waals surface area contributed by atoms with Crippen LogP contribution in [0.3, 0.4) is 0 Å². The molecule has 168 valence electrons. The number of benzene rings is 2. The predicted octanol–water partition coefficient (Wildman–Crippen LogP) is 8.49. The number of hydrogen-bond donors (Lipinski definition) is 0. The van der Waals surface area contributed by atoms with Crippen molar-refractivity contribution in [2.45, 2.75) is 96.8 Å². The van der Waals surface area contributed by atoms with Crippen LogP contribution < -0.4 is 4.74 Å². The molecule has 2 aromatic carbocycles. The molecule has 2 aromatic rings. The zero-order valence-electron chi connectivity index (χ0n) is 19.6. The van der Waals surface area contributed by atoms with E-state index in [1.54, 1.807) is 0 Å².